The summed E-state index contributed by atoms with van der Waals surface area (Å²) in [5.74, 6) is 0.437. The number of hydrogen-bond acceptors (Lipinski definition) is 3. The second-order valence-corrected chi connectivity index (χ2v) is 5.96. The number of anilines is 1. The summed E-state index contributed by atoms with van der Waals surface area (Å²) in [4.78, 5) is 14.4. The molecule has 0 aromatic heterocycles. The summed E-state index contributed by atoms with van der Waals surface area (Å²) >= 11 is 0. The number of halogens is 1. The Morgan fingerprint density at radius 3 is 2.58 bits per heavy atom. The van der Waals surface area contributed by atoms with Crippen molar-refractivity contribution in [3.8, 4) is 5.75 Å². The molecule has 0 bridgehead atoms. The summed E-state index contributed by atoms with van der Waals surface area (Å²) in [6.07, 6.45) is 2.11. The number of carbonyl (C=O) groups is 1. The van der Waals surface area contributed by atoms with Gasteiger partial charge in [-0.25, -0.2) is 4.39 Å². The Morgan fingerprint density at radius 1 is 1.21 bits per heavy atom. The Morgan fingerprint density at radius 2 is 1.92 bits per heavy atom. The molecule has 0 aliphatic carbocycles. The fraction of sp³-hybridized carbons (Fsp3) is 0.316. The molecule has 0 radical (unpaired) electrons. The van der Waals surface area contributed by atoms with Crippen molar-refractivity contribution in [2.24, 2.45) is 0 Å². The molecule has 24 heavy (non-hydrogen) atoms. The van der Waals surface area contributed by atoms with Crippen LogP contribution in [0, 0.1) is 5.82 Å². The Balaban J connectivity index is 1.62. The van der Waals surface area contributed by atoms with E-state index in [1.165, 1.54) is 17.7 Å². The molecule has 1 fully saturated rings. The zero-order chi connectivity index (χ0) is 16.9. The Kier molecular flexibility index (Phi) is 5.11. The maximum atomic E-state index is 12.9. The van der Waals surface area contributed by atoms with Crippen molar-refractivity contribution < 1.29 is 13.9 Å². The highest BCUT2D eigenvalue weighted by atomic mass is 19.1. The Labute approximate surface area is 141 Å². The van der Waals surface area contributed by atoms with Gasteiger partial charge in [-0.05, 0) is 61.3 Å². The van der Waals surface area contributed by atoms with Gasteiger partial charge in [0.15, 0.2) is 0 Å². The predicted octanol–water partition coefficient (Wildman–Crippen LogP) is 3.61. The molecule has 1 atom stereocenters. The lowest BCUT2D eigenvalue weighted by Gasteiger charge is -2.24. The number of benzene rings is 2. The molecule has 1 amide bonds. The van der Waals surface area contributed by atoms with Crippen LogP contribution in [0.3, 0.4) is 0 Å². The third kappa shape index (κ3) is 3.92. The van der Waals surface area contributed by atoms with Crippen LogP contribution in [0.25, 0.3) is 0 Å². The van der Waals surface area contributed by atoms with Gasteiger partial charge in [0.05, 0.1) is 13.7 Å². The van der Waals surface area contributed by atoms with Crippen LogP contribution >= 0.6 is 0 Å². The first kappa shape index (κ1) is 16.5. The Bertz CT molecular complexity index is 686. The van der Waals surface area contributed by atoms with Gasteiger partial charge < -0.3 is 10.1 Å². The third-order valence-corrected chi connectivity index (χ3v) is 4.34. The minimum absolute atomic E-state index is 0.0815. The number of hydrogen-bond donors (Lipinski definition) is 1. The molecule has 1 aliphatic heterocycles. The van der Waals surface area contributed by atoms with E-state index in [1.54, 1.807) is 19.2 Å². The number of likely N-dealkylation sites (tertiary alicyclic amines) is 1. The lowest BCUT2D eigenvalue weighted by Crippen LogP contribution is -2.32. The second kappa shape index (κ2) is 7.45. The van der Waals surface area contributed by atoms with E-state index < -0.39 is 0 Å². The summed E-state index contributed by atoms with van der Waals surface area (Å²) in [7, 11) is 1.65. The minimum atomic E-state index is -0.313. The lowest BCUT2D eigenvalue weighted by atomic mass is 10.0. The quantitative estimate of drug-likeness (QED) is 0.912. The fourth-order valence-electron chi connectivity index (χ4n) is 3.14. The zero-order valence-electron chi connectivity index (χ0n) is 13.7. The summed E-state index contributed by atoms with van der Waals surface area (Å²) in [5.41, 5.74) is 1.81. The number of nitrogens with zero attached hydrogens (tertiary/aromatic N) is 1. The highest BCUT2D eigenvalue weighted by molar-refractivity contribution is 5.92. The van der Waals surface area contributed by atoms with Crippen LogP contribution in [0.5, 0.6) is 5.75 Å². The molecule has 0 saturated carbocycles. The molecular formula is C19H21FN2O2. The van der Waals surface area contributed by atoms with Crippen LogP contribution in [-0.4, -0.2) is 31.0 Å². The van der Waals surface area contributed by atoms with Gasteiger partial charge >= 0.3 is 0 Å². The molecule has 5 heteroatoms. The van der Waals surface area contributed by atoms with E-state index in [2.05, 4.69) is 22.3 Å². The largest absolute Gasteiger partial charge is 0.497 e. The molecule has 1 aliphatic rings. The SMILES string of the molecule is COc1ccc([C@H]2CCCN2CC(=O)Nc2ccc(F)cc2)cc1. The number of ether oxygens (including phenoxy) is 1. The summed E-state index contributed by atoms with van der Waals surface area (Å²) in [6.45, 7) is 1.22. The molecule has 1 saturated heterocycles. The second-order valence-electron chi connectivity index (χ2n) is 5.96. The third-order valence-electron chi connectivity index (χ3n) is 4.34. The summed E-state index contributed by atoms with van der Waals surface area (Å²) < 4.78 is 18.1. The number of nitrogens with one attached hydrogen (secondary N) is 1. The highest BCUT2D eigenvalue weighted by Gasteiger charge is 2.27. The molecule has 1 N–H and O–H groups in total. The first-order chi connectivity index (χ1) is 11.7. The summed E-state index contributed by atoms with van der Waals surface area (Å²) in [5, 5.41) is 2.82. The molecule has 0 spiro atoms. The molecule has 4 nitrogen and oxygen atoms in total. The van der Waals surface area contributed by atoms with Crippen LogP contribution in [0.4, 0.5) is 10.1 Å². The Hall–Kier alpha value is -2.40. The van der Waals surface area contributed by atoms with Gasteiger partial charge in [-0.15, -0.1) is 0 Å². The maximum Gasteiger partial charge on any atom is 0.238 e. The van der Waals surface area contributed by atoms with Crippen molar-refractivity contribution in [2.45, 2.75) is 18.9 Å². The summed E-state index contributed by atoms with van der Waals surface area (Å²) in [6, 6.07) is 14.1. The van der Waals surface area contributed by atoms with E-state index in [4.69, 9.17) is 4.74 Å². The standard InChI is InChI=1S/C19H21FN2O2/c1-24-17-10-4-14(5-11-17)18-3-2-12-22(18)13-19(23)21-16-8-6-15(20)7-9-16/h4-11,18H,2-3,12-13H2,1H3,(H,21,23)/t18-/m1/s1. The van der Waals surface area contributed by atoms with Crippen LogP contribution < -0.4 is 10.1 Å². The van der Waals surface area contributed by atoms with Crippen molar-refractivity contribution in [3.63, 3.8) is 0 Å². The minimum Gasteiger partial charge on any atom is -0.497 e. The van der Waals surface area contributed by atoms with E-state index in [0.717, 1.165) is 25.1 Å². The van der Waals surface area contributed by atoms with Crippen molar-refractivity contribution in [1.82, 2.24) is 4.90 Å². The van der Waals surface area contributed by atoms with E-state index in [9.17, 15) is 9.18 Å². The average Bonchev–Trinajstić information content (AvgIpc) is 3.05. The first-order valence-corrected chi connectivity index (χ1v) is 8.09. The molecule has 1 heterocycles. The van der Waals surface area contributed by atoms with Gasteiger partial charge in [0.2, 0.25) is 5.91 Å². The predicted molar refractivity (Wildman–Crippen MR) is 91.6 cm³/mol. The van der Waals surface area contributed by atoms with Gasteiger partial charge in [-0.3, -0.25) is 9.69 Å². The van der Waals surface area contributed by atoms with E-state index in [0.29, 0.717) is 12.2 Å². The normalized spacial score (nSPS) is 17.7. The van der Waals surface area contributed by atoms with E-state index in [1.807, 2.05) is 12.1 Å². The van der Waals surface area contributed by atoms with Crippen LogP contribution in [0.15, 0.2) is 48.5 Å². The average molecular weight is 328 g/mol. The molecule has 0 unspecified atom stereocenters. The van der Waals surface area contributed by atoms with E-state index >= 15 is 0 Å². The molecule has 2 aromatic carbocycles. The van der Waals surface area contributed by atoms with Gasteiger partial charge in [0.25, 0.3) is 0 Å². The lowest BCUT2D eigenvalue weighted by molar-refractivity contribution is -0.117. The number of rotatable bonds is 5. The smallest absolute Gasteiger partial charge is 0.238 e. The number of amides is 1. The number of methoxy groups -OCH3 is 1. The highest BCUT2D eigenvalue weighted by Crippen LogP contribution is 2.32. The molecule has 2 aromatic rings. The van der Waals surface area contributed by atoms with Gasteiger partial charge in [-0.1, -0.05) is 12.1 Å². The maximum absolute atomic E-state index is 12.9. The number of carbonyl (C=O) groups excluding carboxylic acids is 1. The van der Waals surface area contributed by atoms with Crippen molar-refractivity contribution >= 4 is 11.6 Å². The fourth-order valence-corrected chi connectivity index (χ4v) is 3.14. The zero-order valence-corrected chi connectivity index (χ0v) is 13.7. The van der Waals surface area contributed by atoms with Crippen molar-refractivity contribution in [1.29, 1.82) is 0 Å². The molecule has 126 valence electrons. The van der Waals surface area contributed by atoms with Crippen LogP contribution in [0.1, 0.15) is 24.4 Å². The molecular weight excluding hydrogens is 307 g/mol. The molecule has 3 rings (SSSR count). The first-order valence-electron chi connectivity index (χ1n) is 8.09. The van der Waals surface area contributed by atoms with Crippen molar-refractivity contribution in [2.75, 3.05) is 25.5 Å². The van der Waals surface area contributed by atoms with Gasteiger partial charge in [0, 0.05) is 11.7 Å². The van der Waals surface area contributed by atoms with Crippen LogP contribution in [-0.2, 0) is 4.79 Å². The van der Waals surface area contributed by atoms with E-state index in [-0.39, 0.29) is 17.8 Å². The monoisotopic (exact) mass is 328 g/mol. The van der Waals surface area contributed by atoms with Gasteiger partial charge in [-0.2, -0.15) is 0 Å². The topological polar surface area (TPSA) is 41.6 Å². The van der Waals surface area contributed by atoms with Crippen LogP contribution in [0.2, 0.25) is 0 Å². The van der Waals surface area contributed by atoms with Crippen molar-refractivity contribution in [3.05, 3.63) is 59.9 Å². The van der Waals surface area contributed by atoms with Gasteiger partial charge in [0.1, 0.15) is 11.6 Å².